The summed E-state index contributed by atoms with van der Waals surface area (Å²) < 4.78 is 0. The summed E-state index contributed by atoms with van der Waals surface area (Å²) in [7, 11) is 0. The molecule has 2 unspecified atom stereocenters. The zero-order valence-electron chi connectivity index (χ0n) is 15.4. The van der Waals surface area contributed by atoms with Crippen LogP contribution in [0.3, 0.4) is 0 Å². The topological polar surface area (TPSA) is 57.3 Å². The zero-order valence-corrected chi connectivity index (χ0v) is 15.4. The second-order valence-corrected chi connectivity index (χ2v) is 6.95. The lowest BCUT2D eigenvalue weighted by atomic mass is 10.1. The second kappa shape index (κ2) is 9.34. The molecule has 1 amide bonds. The summed E-state index contributed by atoms with van der Waals surface area (Å²) in [6, 6.07) is 16.1. The number of carbonyl (C=O) groups is 1. The third-order valence-electron chi connectivity index (χ3n) is 5.04. The lowest BCUT2D eigenvalue weighted by Crippen LogP contribution is -2.44. The van der Waals surface area contributed by atoms with E-state index in [9.17, 15) is 4.79 Å². The molecule has 5 nitrogen and oxygen atoms in total. The smallest absolute Gasteiger partial charge is 0.237 e. The third-order valence-corrected chi connectivity index (χ3v) is 5.04. The number of benzene rings is 1. The highest BCUT2D eigenvalue weighted by atomic mass is 16.2. The Balaban J connectivity index is 1.37. The standard InChI is InChI=1S/C21H28N4O/c1-17(21(26)23-13-10-18-7-3-2-4-8-18)25-14-11-19(16-25)15-24-20-9-5-6-12-22-20/h2-9,12,17,19H,10-11,13-16H2,1H3,(H,22,24)(H,23,26). The minimum atomic E-state index is -0.0781. The fraction of sp³-hybridized carbons (Fsp3) is 0.429. The van der Waals surface area contributed by atoms with E-state index in [4.69, 9.17) is 0 Å². The van der Waals surface area contributed by atoms with E-state index < -0.39 is 0 Å². The van der Waals surface area contributed by atoms with Gasteiger partial charge in [0.25, 0.3) is 0 Å². The van der Waals surface area contributed by atoms with Crippen LogP contribution in [0.15, 0.2) is 54.7 Å². The van der Waals surface area contributed by atoms with Crippen LogP contribution in [0, 0.1) is 5.92 Å². The molecule has 2 aromatic rings. The van der Waals surface area contributed by atoms with Crippen LogP contribution >= 0.6 is 0 Å². The number of anilines is 1. The summed E-state index contributed by atoms with van der Waals surface area (Å²) in [5.41, 5.74) is 1.25. The molecule has 1 aromatic carbocycles. The number of rotatable bonds is 8. The third kappa shape index (κ3) is 5.30. The van der Waals surface area contributed by atoms with Gasteiger partial charge in [-0.05, 0) is 49.9 Å². The van der Waals surface area contributed by atoms with Gasteiger partial charge < -0.3 is 10.6 Å². The van der Waals surface area contributed by atoms with Gasteiger partial charge in [-0.3, -0.25) is 9.69 Å². The van der Waals surface area contributed by atoms with Gasteiger partial charge in [0.05, 0.1) is 6.04 Å². The molecule has 1 aliphatic rings. The van der Waals surface area contributed by atoms with Gasteiger partial charge in [-0.25, -0.2) is 4.98 Å². The number of amides is 1. The van der Waals surface area contributed by atoms with Crippen LogP contribution in [-0.4, -0.2) is 48.0 Å². The van der Waals surface area contributed by atoms with E-state index >= 15 is 0 Å². The first kappa shape index (κ1) is 18.4. The van der Waals surface area contributed by atoms with Crippen molar-refractivity contribution < 1.29 is 4.79 Å². The van der Waals surface area contributed by atoms with Gasteiger partial charge in [0.1, 0.15) is 5.82 Å². The maximum Gasteiger partial charge on any atom is 0.237 e. The van der Waals surface area contributed by atoms with Gasteiger partial charge in [-0.2, -0.15) is 0 Å². The molecule has 1 saturated heterocycles. The predicted octanol–water partition coefficient (Wildman–Crippen LogP) is 2.56. The second-order valence-electron chi connectivity index (χ2n) is 6.95. The normalized spacial score (nSPS) is 18.4. The molecular formula is C21H28N4O. The molecule has 26 heavy (non-hydrogen) atoms. The summed E-state index contributed by atoms with van der Waals surface area (Å²) in [6.45, 7) is 5.52. The molecule has 2 heterocycles. The van der Waals surface area contributed by atoms with Crippen molar-refractivity contribution in [3.05, 3.63) is 60.3 Å². The van der Waals surface area contributed by atoms with Crippen LogP contribution in [0.1, 0.15) is 18.9 Å². The quantitative estimate of drug-likeness (QED) is 0.767. The molecule has 1 fully saturated rings. The van der Waals surface area contributed by atoms with E-state index in [1.165, 1.54) is 5.56 Å². The van der Waals surface area contributed by atoms with E-state index in [0.717, 1.165) is 38.3 Å². The van der Waals surface area contributed by atoms with Crippen molar-refractivity contribution >= 4 is 11.7 Å². The van der Waals surface area contributed by atoms with Gasteiger partial charge in [0, 0.05) is 25.8 Å². The lowest BCUT2D eigenvalue weighted by molar-refractivity contribution is -0.125. The Labute approximate surface area is 155 Å². The molecule has 5 heteroatoms. The molecule has 2 N–H and O–H groups in total. The molecule has 3 rings (SSSR count). The van der Waals surface area contributed by atoms with Crippen LogP contribution in [-0.2, 0) is 11.2 Å². The van der Waals surface area contributed by atoms with Crippen molar-refractivity contribution in [3.63, 3.8) is 0 Å². The SMILES string of the molecule is CC(C(=O)NCCc1ccccc1)N1CCC(CNc2ccccn2)C1. The molecule has 138 valence electrons. The molecule has 0 radical (unpaired) electrons. The van der Waals surface area contributed by atoms with Crippen molar-refractivity contribution in [1.29, 1.82) is 0 Å². The Morgan fingerprint density at radius 1 is 1.23 bits per heavy atom. The maximum atomic E-state index is 12.4. The molecule has 2 atom stereocenters. The molecule has 0 bridgehead atoms. The van der Waals surface area contributed by atoms with Gasteiger partial charge in [0.15, 0.2) is 0 Å². The fourth-order valence-electron chi connectivity index (χ4n) is 3.39. The van der Waals surface area contributed by atoms with E-state index in [2.05, 4.69) is 32.7 Å². The minimum Gasteiger partial charge on any atom is -0.370 e. The summed E-state index contributed by atoms with van der Waals surface area (Å²) >= 11 is 0. The number of hydrogen-bond donors (Lipinski definition) is 2. The van der Waals surface area contributed by atoms with Crippen molar-refractivity contribution in [2.75, 3.05) is 31.5 Å². The van der Waals surface area contributed by atoms with E-state index in [0.29, 0.717) is 12.5 Å². The minimum absolute atomic E-state index is 0.0781. The Bertz CT molecular complexity index is 677. The number of nitrogens with one attached hydrogen (secondary N) is 2. The van der Waals surface area contributed by atoms with Gasteiger partial charge >= 0.3 is 0 Å². The summed E-state index contributed by atoms with van der Waals surface area (Å²) in [4.78, 5) is 19.0. The van der Waals surface area contributed by atoms with Gasteiger partial charge in [-0.15, -0.1) is 0 Å². The first-order chi connectivity index (χ1) is 12.7. The van der Waals surface area contributed by atoms with Crippen molar-refractivity contribution in [2.24, 2.45) is 5.92 Å². The average Bonchev–Trinajstić information content (AvgIpc) is 3.16. The fourth-order valence-corrected chi connectivity index (χ4v) is 3.39. The molecule has 1 aliphatic heterocycles. The Morgan fingerprint density at radius 2 is 2.04 bits per heavy atom. The van der Waals surface area contributed by atoms with E-state index in [1.807, 2.05) is 43.3 Å². The van der Waals surface area contributed by atoms with E-state index in [-0.39, 0.29) is 11.9 Å². The lowest BCUT2D eigenvalue weighted by Gasteiger charge is -2.23. The van der Waals surface area contributed by atoms with E-state index in [1.54, 1.807) is 6.20 Å². The Kier molecular flexibility index (Phi) is 6.61. The maximum absolute atomic E-state index is 12.4. The van der Waals surface area contributed by atoms with Crippen LogP contribution in [0.25, 0.3) is 0 Å². The Hall–Kier alpha value is -2.40. The van der Waals surface area contributed by atoms with Crippen LogP contribution in [0.4, 0.5) is 5.82 Å². The number of pyridine rings is 1. The molecular weight excluding hydrogens is 324 g/mol. The van der Waals surface area contributed by atoms with Gasteiger partial charge in [-0.1, -0.05) is 36.4 Å². The van der Waals surface area contributed by atoms with Crippen LogP contribution in [0.2, 0.25) is 0 Å². The molecule has 0 aliphatic carbocycles. The number of aromatic nitrogens is 1. The first-order valence-corrected chi connectivity index (χ1v) is 9.43. The predicted molar refractivity (Wildman–Crippen MR) is 105 cm³/mol. The number of hydrogen-bond acceptors (Lipinski definition) is 4. The average molecular weight is 352 g/mol. The highest BCUT2D eigenvalue weighted by molar-refractivity contribution is 5.81. The van der Waals surface area contributed by atoms with Crippen molar-refractivity contribution in [2.45, 2.75) is 25.8 Å². The van der Waals surface area contributed by atoms with Crippen molar-refractivity contribution in [3.8, 4) is 0 Å². The molecule has 0 saturated carbocycles. The summed E-state index contributed by atoms with van der Waals surface area (Å²) in [6.07, 6.45) is 3.78. The first-order valence-electron chi connectivity index (χ1n) is 9.43. The number of nitrogens with zero attached hydrogens (tertiary/aromatic N) is 2. The monoisotopic (exact) mass is 352 g/mol. The largest absolute Gasteiger partial charge is 0.370 e. The zero-order chi connectivity index (χ0) is 18.2. The molecule has 1 aromatic heterocycles. The number of likely N-dealkylation sites (tertiary alicyclic amines) is 1. The number of carbonyl (C=O) groups excluding carboxylic acids is 1. The highest BCUT2D eigenvalue weighted by Gasteiger charge is 2.29. The summed E-state index contributed by atoms with van der Waals surface area (Å²) in [5.74, 6) is 1.59. The molecule has 0 spiro atoms. The van der Waals surface area contributed by atoms with Crippen molar-refractivity contribution in [1.82, 2.24) is 15.2 Å². The summed E-state index contributed by atoms with van der Waals surface area (Å²) in [5, 5.41) is 6.46. The van der Waals surface area contributed by atoms with Gasteiger partial charge in [0.2, 0.25) is 5.91 Å². The van der Waals surface area contributed by atoms with Crippen LogP contribution < -0.4 is 10.6 Å². The Morgan fingerprint density at radius 3 is 2.81 bits per heavy atom. The highest BCUT2D eigenvalue weighted by Crippen LogP contribution is 2.19. The van der Waals surface area contributed by atoms with Crippen LogP contribution in [0.5, 0.6) is 0 Å².